The topological polar surface area (TPSA) is 21.3 Å². The number of rotatable bonds is 1. The Kier molecular flexibility index (Phi) is 2.63. The van der Waals surface area contributed by atoms with Gasteiger partial charge in [-0.1, -0.05) is 6.92 Å². The van der Waals surface area contributed by atoms with Gasteiger partial charge in [-0.25, -0.2) is 0 Å². The molecular formula is C9H17NOS. The van der Waals surface area contributed by atoms with Gasteiger partial charge in [-0.05, 0) is 25.0 Å². The van der Waals surface area contributed by atoms with Crippen molar-refractivity contribution in [1.82, 2.24) is 5.32 Å². The van der Waals surface area contributed by atoms with Crippen molar-refractivity contribution in [1.29, 1.82) is 0 Å². The van der Waals surface area contributed by atoms with Gasteiger partial charge in [0.05, 0.1) is 6.10 Å². The normalized spacial score (nSPS) is 42.2. The van der Waals surface area contributed by atoms with Gasteiger partial charge in [0.1, 0.15) is 5.72 Å². The molecule has 2 saturated heterocycles. The average Bonchev–Trinajstić information content (AvgIpc) is 2.53. The Morgan fingerprint density at radius 3 is 3.25 bits per heavy atom. The Morgan fingerprint density at radius 1 is 1.67 bits per heavy atom. The highest BCUT2D eigenvalue weighted by atomic mass is 32.2. The van der Waals surface area contributed by atoms with Crippen molar-refractivity contribution < 1.29 is 4.74 Å². The van der Waals surface area contributed by atoms with E-state index in [1.54, 1.807) is 0 Å². The van der Waals surface area contributed by atoms with E-state index in [0.29, 0.717) is 6.10 Å². The van der Waals surface area contributed by atoms with Crippen molar-refractivity contribution in [2.45, 2.75) is 38.0 Å². The predicted molar refractivity (Wildman–Crippen MR) is 52.5 cm³/mol. The smallest absolute Gasteiger partial charge is 0.129 e. The zero-order chi connectivity index (χ0) is 8.44. The van der Waals surface area contributed by atoms with Gasteiger partial charge in [0.15, 0.2) is 0 Å². The fraction of sp³-hybridized carbons (Fsp3) is 1.00. The van der Waals surface area contributed by atoms with Crippen LogP contribution in [0.1, 0.15) is 26.2 Å². The van der Waals surface area contributed by atoms with Gasteiger partial charge >= 0.3 is 0 Å². The molecule has 2 fully saturated rings. The van der Waals surface area contributed by atoms with Crippen LogP contribution in [0.5, 0.6) is 0 Å². The average molecular weight is 187 g/mol. The summed E-state index contributed by atoms with van der Waals surface area (Å²) in [5.41, 5.74) is 0.0591. The molecule has 3 heteroatoms. The van der Waals surface area contributed by atoms with Crippen molar-refractivity contribution in [3.05, 3.63) is 0 Å². The third-order valence-corrected chi connectivity index (χ3v) is 3.91. The first-order chi connectivity index (χ1) is 5.85. The van der Waals surface area contributed by atoms with E-state index in [1.165, 1.54) is 18.6 Å². The molecule has 2 aliphatic heterocycles. The van der Waals surface area contributed by atoms with Crippen molar-refractivity contribution >= 4 is 11.8 Å². The molecule has 0 radical (unpaired) electrons. The van der Waals surface area contributed by atoms with E-state index in [0.717, 1.165) is 18.7 Å². The molecule has 2 unspecified atom stereocenters. The summed E-state index contributed by atoms with van der Waals surface area (Å²) >= 11 is 2.00. The van der Waals surface area contributed by atoms with Gasteiger partial charge in [0.2, 0.25) is 0 Å². The number of hydrogen-bond donors (Lipinski definition) is 1. The molecule has 12 heavy (non-hydrogen) atoms. The third-order valence-electron chi connectivity index (χ3n) is 2.75. The van der Waals surface area contributed by atoms with E-state index >= 15 is 0 Å². The largest absolute Gasteiger partial charge is 0.356 e. The van der Waals surface area contributed by atoms with Crippen LogP contribution in [-0.2, 0) is 4.74 Å². The minimum absolute atomic E-state index is 0.0591. The summed E-state index contributed by atoms with van der Waals surface area (Å²) in [6, 6.07) is 0. The molecule has 0 saturated carbocycles. The predicted octanol–water partition coefficient (Wildman–Crippen LogP) is 1.61. The van der Waals surface area contributed by atoms with E-state index in [-0.39, 0.29) is 5.72 Å². The maximum absolute atomic E-state index is 6.05. The van der Waals surface area contributed by atoms with Crippen LogP contribution in [0.4, 0.5) is 0 Å². The van der Waals surface area contributed by atoms with Gasteiger partial charge in [-0.3, -0.25) is 5.32 Å². The van der Waals surface area contributed by atoms with Crippen molar-refractivity contribution in [3.63, 3.8) is 0 Å². The molecule has 0 bridgehead atoms. The molecule has 2 heterocycles. The number of thioether (sulfide) groups is 1. The molecule has 1 spiro atoms. The SMILES string of the molecule is CCC1CCNC2(CCSC2)O1. The van der Waals surface area contributed by atoms with E-state index < -0.39 is 0 Å². The fourth-order valence-electron chi connectivity index (χ4n) is 1.95. The molecule has 0 amide bonds. The molecule has 0 aromatic rings. The lowest BCUT2D eigenvalue weighted by atomic mass is 10.1. The van der Waals surface area contributed by atoms with Crippen molar-refractivity contribution in [2.75, 3.05) is 18.1 Å². The van der Waals surface area contributed by atoms with Crippen LogP contribution in [0, 0.1) is 0 Å². The highest BCUT2D eigenvalue weighted by Gasteiger charge is 2.39. The maximum Gasteiger partial charge on any atom is 0.129 e. The van der Waals surface area contributed by atoms with Gasteiger partial charge < -0.3 is 4.74 Å². The van der Waals surface area contributed by atoms with Crippen LogP contribution >= 0.6 is 11.8 Å². The maximum atomic E-state index is 6.05. The quantitative estimate of drug-likeness (QED) is 0.674. The van der Waals surface area contributed by atoms with Crippen molar-refractivity contribution in [3.8, 4) is 0 Å². The monoisotopic (exact) mass is 187 g/mol. The number of nitrogens with one attached hydrogen (secondary N) is 1. The summed E-state index contributed by atoms with van der Waals surface area (Å²) < 4.78 is 6.05. The van der Waals surface area contributed by atoms with Gasteiger partial charge in [0, 0.05) is 12.3 Å². The highest BCUT2D eigenvalue weighted by Crippen LogP contribution is 2.33. The summed E-state index contributed by atoms with van der Waals surface area (Å²) in [4.78, 5) is 0. The Balaban J connectivity index is 1.97. The third kappa shape index (κ3) is 1.63. The van der Waals surface area contributed by atoms with Crippen molar-refractivity contribution in [2.24, 2.45) is 0 Å². The zero-order valence-electron chi connectivity index (χ0n) is 7.64. The van der Waals surface area contributed by atoms with Crippen LogP contribution < -0.4 is 5.32 Å². The lowest BCUT2D eigenvalue weighted by Crippen LogP contribution is -2.54. The van der Waals surface area contributed by atoms with Gasteiger partial charge in [-0.15, -0.1) is 0 Å². The summed E-state index contributed by atoms with van der Waals surface area (Å²) in [6.07, 6.45) is 4.04. The second kappa shape index (κ2) is 3.56. The fourth-order valence-corrected chi connectivity index (χ4v) is 3.21. The van der Waals surface area contributed by atoms with E-state index in [2.05, 4.69) is 12.2 Å². The highest BCUT2D eigenvalue weighted by molar-refractivity contribution is 7.99. The van der Waals surface area contributed by atoms with Crippen LogP contribution in [-0.4, -0.2) is 29.9 Å². The molecule has 2 atom stereocenters. The Hall–Kier alpha value is 0.270. The molecule has 0 aromatic heterocycles. The summed E-state index contributed by atoms with van der Waals surface area (Å²) in [7, 11) is 0. The van der Waals surface area contributed by atoms with Crippen LogP contribution in [0.2, 0.25) is 0 Å². The second-order valence-electron chi connectivity index (χ2n) is 3.66. The lowest BCUT2D eigenvalue weighted by molar-refractivity contribution is -0.126. The molecular weight excluding hydrogens is 170 g/mol. The second-order valence-corrected chi connectivity index (χ2v) is 4.77. The number of hydrogen-bond acceptors (Lipinski definition) is 3. The van der Waals surface area contributed by atoms with E-state index in [9.17, 15) is 0 Å². The Morgan fingerprint density at radius 2 is 2.58 bits per heavy atom. The minimum Gasteiger partial charge on any atom is -0.356 e. The zero-order valence-corrected chi connectivity index (χ0v) is 8.45. The first-order valence-corrected chi connectivity index (χ1v) is 6.01. The summed E-state index contributed by atoms with van der Waals surface area (Å²) in [5.74, 6) is 2.40. The number of ether oxygens (including phenoxy) is 1. The Bertz CT molecular complexity index is 157. The standard InChI is InChI=1S/C9H17NOS/c1-2-8-3-5-10-9(11-8)4-6-12-7-9/h8,10H,2-7H2,1H3. The molecule has 2 nitrogen and oxygen atoms in total. The molecule has 2 rings (SSSR count). The van der Waals surface area contributed by atoms with Gasteiger partial charge in [-0.2, -0.15) is 11.8 Å². The molecule has 2 aliphatic rings. The van der Waals surface area contributed by atoms with Crippen LogP contribution in [0.25, 0.3) is 0 Å². The first-order valence-electron chi connectivity index (χ1n) is 4.85. The van der Waals surface area contributed by atoms with Crippen LogP contribution in [0.3, 0.4) is 0 Å². The summed E-state index contributed by atoms with van der Waals surface area (Å²) in [5, 5.41) is 3.52. The molecule has 1 N–H and O–H groups in total. The lowest BCUT2D eigenvalue weighted by Gasteiger charge is -2.38. The first kappa shape index (κ1) is 8.85. The molecule has 0 aromatic carbocycles. The van der Waals surface area contributed by atoms with Gasteiger partial charge in [0.25, 0.3) is 0 Å². The van der Waals surface area contributed by atoms with E-state index in [4.69, 9.17) is 4.74 Å². The minimum atomic E-state index is 0.0591. The molecule has 70 valence electrons. The molecule has 0 aliphatic carbocycles. The van der Waals surface area contributed by atoms with Crippen LogP contribution in [0.15, 0.2) is 0 Å². The Labute approximate surface area is 78.4 Å². The van der Waals surface area contributed by atoms with E-state index in [1.807, 2.05) is 11.8 Å². The summed E-state index contributed by atoms with van der Waals surface area (Å²) in [6.45, 7) is 3.35.